The summed E-state index contributed by atoms with van der Waals surface area (Å²) >= 11 is 0. The van der Waals surface area contributed by atoms with E-state index in [9.17, 15) is 4.79 Å². The molecule has 2 aromatic carbocycles. The Balaban J connectivity index is 1.58. The van der Waals surface area contributed by atoms with E-state index in [0.29, 0.717) is 18.7 Å². The molecule has 0 bridgehead atoms. The fraction of sp³-hybridized carbons (Fsp3) is 0.217. The van der Waals surface area contributed by atoms with Gasteiger partial charge in [0.2, 0.25) is 0 Å². The van der Waals surface area contributed by atoms with Gasteiger partial charge in [0.25, 0.3) is 5.91 Å². The van der Waals surface area contributed by atoms with Gasteiger partial charge in [0.15, 0.2) is 0 Å². The van der Waals surface area contributed by atoms with E-state index in [4.69, 9.17) is 9.47 Å². The molecule has 2 N–H and O–H groups in total. The van der Waals surface area contributed by atoms with E-state index >= 15 is 0 Å². The quantitative estimate of drug-likeness (QED) is 0.604. The van der Waals surface area contributed by atoms with Crippen molar-refractivity contribution in [2.45, 2.75) is 13.3 Å². The highest BCUT2D eigenvalue weighted by atomic mass is 16.5. The molecular formula is C23H25N3O3. The first-order valence-corrected chi connectivity index (χ1v) is 9.38. The molecule has 3 rings (SSSR count). The van der Waals surface area contributed by atoms with Crippen LogP contribution in [0.4, 0.5) is 11.4 Å². The number of amides is 1. The summed E-state index contributed by atoms with van der Waals surface area (Å²) in [7, 11) is 3.27. The number of benzene rings is 2. The normalized spacial score (nSPS) is 10.3. The first-order valence-electron chi connectivity index (χ1n) is 9.38. The Hall–Kier alpha value is -3.54. The molecule has 0 aliphatic heterocycles. The summed E-state index contributed by atoms with van der Waals surface area (Å²) in [6.45, 7) is 2.52. The molecule has 0 aliphatic rings. The van der Waals surface area contributed by atoms with Crippen molar-refractivity contribution in [3.8, 4) is 11.5 Å². The molecule has 0 unspecified atom stereocenters. The molecule has 1 amide bonds. The number of methoxy groups -OCH3 is 2. The number of hydrogen-bond donors (Lipinski definition) is 2. The molecule has 1 aromatic heterocycles. The Morgan fingerprint density at radius 1 is 1.00 bits per heavy atom. The molecule has 3 aromatic rings. The van der Waals surface area contributed by atoms with Gasteiger partial charge in [-0.2, -0.15) is 0 Å². The van der Waals surface area contributed by atoms with Crippen LogP contribution in [-0.4, -0.2) is 31.7 Å². The highest BCUT2D eigenvalue weighted by Crippen LogP contribution is 2.28. The SMILES string of the molecule is COc1ccccc1CCNC(=O)c1ccc(Nc2cc(C)ccc2OC)cn1. The molecule has 0 fully saturated rings. The summed E-state index contributed by atoms with van der Waals surface area (Å²) in [6, 6.07) is 17.2. The predicted octanol–water partition coefficient (Wildman–Crippen LogP) is 4.12. The lowest BCUT2D eigenvalue weighted by molar-refractivity contribution is 0.0949. The Kier molecular flexibility index (Phi) is 6.68. The number of pyridine rings is 1. The van der Waals surface area contributed by atoms with E-state index in [0.717, 1.165) is 34.0 Å². The lowest BCUT2D eigenvalue weighted by atomic mass is 10.1. The van der Waals surface area contributed by atoms with Gasteiger partial charge in [-0.05, 0) is 54.8 Å². The van der Waals surface area contributed by atoms with Crippen LogP contribution in [0.25, 0.3) is 0 Å². The number of aryl methyl sites for hydroxylation is 1. The lowest BCUT2D eigenvalue weighted by Gasteiger charge is -2.12. The second-order valence-electron chi connectivity index (χ2n) is 6.58. The number of carbonyl (C=O) groups is 1. The second-order valence-corrected chi connectivity index (χ2v) is 6.58. The third-order valence-electron chi connectivity index (χ3n) is 4.50. The maximum atomic E-state index is 12.4. The first-order chi connectivity index (χ1) is 14.1. The van der Waals surface area contributed by atoms with Crippen molar-refractivity contribution in [1.29, 1.82) is 0 Å². The molecule has 0 radical (unpaired) electrons. The molecule has 6 nitrogen and oxygen atoms in total. The zero-order valence-electron chi connectivity index (χ0n) is 16.9. The Morgan fingerprint density at radius 2 is 1.79 bits per heavy atom. The van der Waals surface area contributed by atoms with Crippen molar-refractivity contribution >= 4 is 17.3 Å². The van der Waals surface area contributed by atoms with E-state index in [-0.39, 0.29) is 5.91 Å². The van der Waals surface area contributed by atoms with Gasteiger partial charge in [-0.15, -0.1) is 0 Å². The minimum Gasteiger partial charge on any atom is -0.496 e. The van der Waals surface area contributed by atoms with E-state index in [1.807, 2.05) is 55.5 Å². The van der Waals surface area contributed by atoms with Gasteiger partial charge in [0.1, 0.15) is 17.2 Å². The number of rotatable bonds is 8. The molecule has 150 valence electrons. The third-order valence-corrected chi connectivity index (χ3v) is 4.50. The summed E-state index contributed by atoms with van der Waals surface area (Å²) in [5.41, 5.74) is 4.16. The fourth-order valence-corrected chi connectivity index (χ4v) is 2.99. The summed E-state index contributed by atoms with van der Waals surface area (Å²) < 4.78 is 10.7. The van der Waals surface area contributed by atoms with Crippen LogP contribution >= 0.6 is 0 Å². The van der Waals surface area contributed by atoms with Crippen LogP contribution in [0.5, 0.6) is 11.5 Å². The number of nitrogens with zero attached hydrogens (tertiary/aromatic N) is 1. The number of ether oxygens (including phenoxy) is 2. The molecule has 29 heavy (non-hydrogen) atoms. The lowest BCUT2D eigenvalue weighted by Crippen LogP contribution is -2.26. The van der Waals surface area contributed by atoms with Crippen LogP contribution in [0.15, 0.2) is 60.8 Å². The highest BCUT2D eigenvalue weighted by molar-refractivity contribution is 5.92. The van der Waals surface area contributed by atoms with Gasteiger partial charge in [0.05, 0.1) is 31.8 Å². The number of nitrogens with one attached hydrogen (secondary N) is 2. The summed E-state index contributed by atoms with van der Waals surface area (Å²) in [5.74, 6) is 1.36. The van der Waals surface area contributed by atoms with Gasteiger partial charge >= 0.3 is 0 Å². The molecule has 0 atom stereocenters. The van der Waals surface area contributed by atoms with E-state index < -0.39 is 0 Å². The Morgan fingerprint density at radius 3 is 2.52 bits per heavy atom. The van der Waals surface area contributed by atoms with Crippen LogP contribution in [0.3, 0.4) is 0 Å². The van der Waals surface area contributed by atoms with Gasteiger partial charge in [-0.25, -0.2) is 4.98 Å². The first kappa shape index (κ1) is 20.2. The largest absolute Gasteiger partial charge is 0.496 e. The van der Waals surface area contributed by atoms with Crippen LogP contribution in [0.1, 0.15) is 21.6 Å². The standard InChI is InChI=1S/C23H25N3O3/c1-16-8-11-22(29-3)20(14-16)26-18-9-10-19(25-15-18)23(27)24-13-12-17-6-4-5-7-21(17)28-2/h4-11,14-15,26H,12-13H2,1-3H3,(H,24,27). The zero-order valence-corrected chi connectivity index (χ0v) is 16.9. The molecule has 1 heterocycles. The summed E-state index contributed by atoms with van der Waals surface area (Å²) in [4.78, 5) is 16.6. The zero-order chi connectivity index (χ0) is 20.6. The average molecular weight is 391 g/mol. The van der Waals surface area contributed by atoms with Gasteiger partial charge < -0.3 is 20.1 Å². The van der Waals surface area contributed by atoms with E-state index in [1.54, 1.807) is 26.5 Å². The fourth-order valence-electron chi connectivity index (χ4n) is 2.99. The monoisotopic (exact) mass is 391 g/mol. The third kappa shape index (κ3) is 5.25. The molecule has 0 saturated heterocycles. The molecule has 6 heteroatoms. The number of para-hydroxylation sites is 1. The predicted molar refractivity (Wildman–Crippen MR) is 114 cm³/mol. The van der Waals surface area contributed by atoms with Crippen molar-refractivity contribution < 1.29 is 14.3 Å². The maximum Gasteiger partial charge on any atom is 0.269 e. The van der Waals surface area contributed by atoms with Gasteiger partial charge in [-0.3, -0.25) is 4.79 Å². The Bertz CT molecular complexity index is 971. The van der Waals surface area contributed by atoms with Crippen molar-refractivity contribution in [2.75, 3.05) is 26.1 Å². The van der Waals surface area contributed by atoms with E-state index in [2.05, 4.69) is 15.6 Å². The minimum atomic E-state index is -0.209. The van der Waals surface area contributed by atoms with Gasteiger partial charge in [-0.1, -0.05) is 24.3 Å². The summed E-state index contributed by atoms with van der Waals surface area (Å²) in [6.07, 6.45) is 2.32. The second kappa shape index (κ2) is 9.59. The number of anilines is 2. The Labute approximate surface area is 170 Å². The average Bonchev–Trinajstić information content (AvgIpc) is 2.74. The van der Waals surface area contributed by atoms with Crippen molar-refractivity contribution in [3.63, 3.8) is 0 Å². The van der Waals surface area contributed by atoms with Crippen molar-refractivity contribution in [1.82, 2.24) is 10.3 Å². The van der Waals surface area contributed by atoms with Gasteiger partial charge in [0, 0.05) is 6.54 Å². The minimum absolute atomic E-state index is 0.209. The molecule has 0 saturated carbocycles. The van der Waals surface area contributed by atoms with E-state index in [1.165, 1.54) is 0 Å². The highest BCUT2D eigenvalue weighted by Gasteiger charge is 2.09. The molecule has 0 aliphatic carbocycles. The number of carbonyl (C=O) groups excluding carboxylic acids is 1. The topological polar surface area (TPSA) is 72.5 Å². The molecular weight excluding hydrogens is 366 g/mol. The van der Waals surface area contributed by atoms with Crippen LogP contribution < -0.4 is 20.1 Å². The van der Waals surface area contributed by atoms with Crippen molar-refractivity contribution in [2.24, 2.45) is 0 Å². The van der Waals surface area contributed by atoms with Crippen LogP contribution in [-0.2, 0) is 6.42 Å². The van der Waals surface area contributed by atoms with Crippen LogP contribution in [0, 0.1) is 6.92 Å². The summed E-state index contributed by atoms with van der Waals surface area (Å²) in [5, 5.41) is 6.17. The number of aromatic nitrogens is 1. The van der Waals surface area contributed by atoms with Crippen LogP contribution in [0.2, 0.25) is 0 Å². The smallest absolute Gasteiger partial charge is 0.269 e. The number of hydrogen-bond acceptors (Lipinski definition) is 5. The maximum absolute atomic E-state index is 12.4. The molecule has 0 spiro atoms. The van der Waals surface area contributed by atoms with Crippen molar-refractivity contribution in [3.05, 3.63) is 77.6 Å².